The summed E-state index contributed by atoms with van der Waals surface area (Å²) < 4.78 is 0. The lowest BCUT2D eigenvalue weighted by molar-refractivity contribution is -0.114. The summed E-state index contributed by atoms with van der Waals surface area (Å²) in [5.74, 6) is 0.323. The molecule has 0 rings (SSSR count). The highest BCUT2D eigenvalue weighted by atomic mass is 16.1. The van der Waals surface area contributed by atoms with Crippen LogP contribution in [0.2, 0.25) is 0 Å². The van der Waals surface area contributed by atoms with Gasteiger partial charge < -0.3 is 0 Å². The standard InChI is InChI=1S/C18H34O/c1-3-5-7-9-11-13-15-17-18(19)16-14-12-10-8-6-4-2/h15,17H,3-14,16H2,1-2H3/b17-15+. The van der Waals surface area contributed by atoms with Gasteiger partial charge in [0, 0.05) is 6.42 Å². The summed E-state index contributed by atoms with van der Waals surface area (Å²) in [6.07, 6.45) is 19.8. The molecule has 1 heteroatoms. The molecule has 112 valence electrons. The summed E-state index contributed by atoms with van der Waals surface area (Å²) in [7, 11) is 0. The monoisotopic (exact) mass is 266 g/mol. The third kappa shape index (κ3) is 15.4. The first-order valence-corrected chi connectivity index (χ1v) is 8.50. The highest BCUT2D eigenvalue weighted by molar-refractivity contribution is 5.89. The molecule has 19 heavy (non-hydrogen) atoms. The van der Waals surface area contributed by atoms with E-state index in [0.29, 0.717) is 5.78 Å². The number of hydrogen-bond acceptors (Lipinski definition) is 1. The van der Waals surface area contributed by atoms with E-state index in [-0.39, 0.29) is 0 Å². The fourth-order valence-electron chi connectivity index (χ4n) is 2.24. The summed E-state index contributed by atoms with van der Waals surface area (Å²) in [5.41, 5.74) is 0. The van der Waals surface area contributed by atoms with Crippen LogP contribution in [0, 0.1) is 0 Å². The molecule has 0 aliphatic rings. The first kappa shape index (κ1) is 18.4. The van der Waals surface area contributed by atoms with Gasteiger partial charge in [-0.3, -0.25) is 4.79 Å². The Morgan fingerprint density at radius 1 is 0.737 bits per heavy atom. The van der Waals surface area contributed by atoms with Crippen LogP contribution in [0.3, 0.4) is 0 Å². The number of carbonyl (C=O) groups is 1. The number of carbonyl (C=O) groups excluding carboxylic acids is 1. The normalized spacial score (nSPS) is 11.3. The van der Waals surface area contributed by atoms with E-state index in [1.807, 2.05) is 6.08 Å². The molecule has 0 spiro atoms. The van der Waals surface area contributed by atoms with E-state index in [1.54, 1.807) is 0 Å². The molecule has 0 aliphatic heterocycles. The lowest BCUT2D eigenvalue weighted by Gasteiger charge is -1.99. The molecule has 0 radical (unpaired) electrons. The van der Waals surface area contributed by atoms with Gasteiger partial charge in [0.25, 0.3) is 0 Å². The highest BCUT2D eigenvalue weighted by Crippen LogP contribution is 2.08. The molecule has 0 unspecified atom stereocenters. The van der Waals surface area contributed by atoms with Crippen molar-refractivity contribution in [1.82, 2.24) is 0 Å². The predicted molar refractivity (Wildman–Crippen MR) is 85.5 cm³/mol. The molecule has 0 bridgehead atoms. The second-order valence-electron chi connectivity index (χ2n) is 5.59. The maximum atomic E-state index is 11.6. The zero-order chi connectivity index (χ0) is 14.2. The van der Waals surface area contributed by atoms with Crippen LogP contribution in [0.4, 0.5) is 0 Å². The molecule has 1 nitrogen and oxygen atoms in total. The van der Waals surface area contributed by atoms with Crippen molar-refractivity contribution < 1.29 is 4.79 Å². The van der Waals surface area contributed by atoms with Crippen molar-refractivity contribution in [3.63, 3.8) is 0 Å². The van der Waals surface area contributed by atoms with E-state index < -0.39 is 0 Å². The fourth-order valence-corrected chi connectivity index (χ4v) is 2.24. The van der Waals surface area contributed by atoms with Gasteiger partial charge >= 0.3 is 0 Å². The molecule has 0 aliphatic carbocycles. The van der Waals surface area contributed by atoms with E-state index in [4.69, 9.17) is 0 Å². The Hall–Kier alpha value is -0.590. The second kappa shape index (κ2) is 15.5. The molecule has 0 aromatic carbocycles. The van der Waals surface area contributed by atoms with Crippen molar-refractivity contribution >= 4 is 5.78 Å². The molecule has 0 N–H and O–H groups in total. The Balaban J connectivity index is 3.28. The average Bonchev–Trinajstić information content (AvgIpc) is 2.41. The van der Waals surface area contributed by atoms with Crippen LogP contribution in [-0.2, 0) is 4.79 Å². The molecule has 0 amide bonds. The van der Waals surface area contributed by atoms with Gasteiger partial charge in [0.05, 0.1) is 0 Å². The molecule has 0 fully saturated rings. The minimum absolute atomic E-state index is 0.323. The minimum atomic E-state index is 0.323. The topological polar surface area (TPSA) is 17.1 Å². The quantitative estimate of drug-likeness (QED) is 0.269. The molecule has 0 aromatic heterocycles. The first-order chi connectivity index (χ1) is 9.31. The first-order valence-electron chi connectivity index (χ1n) is 8.50. The van der Waals surface area contributed by atoms with Crippen molar-refractivity contribution in [3.8, 4) is 0 Å². The van der Waals surface area contributed by atoms with Gasteiger partial charge in [-0.25, -0.2) is 0 Å². The summed E-state index contributed by atoms with van der Waals surface area (Å²) in [6, 6.07) is 0. The number of rotatable bonds is 14. The Labute approximate surface area is 120 Å². The summed E-state index contributed by atoms with van der Waals surface area (Å²) in [4.78, 5) is 11.6. The maximum Gasteiger partial charge on any atom is 0.155 e. The summed E-state index contributed by atoms with van der Waals surface area (Å²) in [6.45, 7) is 4.47. The molecular weight excluding hydrogens is 232 g/mol. The van der Waals surface area contributed by atoms with E-state index >= 15 is 0 Å². The molecule has 0 saturated carbocycles. The Morgan fingerprint density at radius 2 is 1.26 bits per heavy atom. The van der Waals surface area contributed by atoms with Crippen molar-refractivity contribution in [2.24, 2.45) is 0 Å². The SMILES string of the molecule is CCCCCCC/C=C/C(=O)CCCCCCCC. The van der Waals surface area contributed by atoms with Crippen LogP contribution in [0.15, 0.2) is 12.2 Å². The number of hydrogen-bond donors (Lipinski definition) is 0. The second-order valence-corrected chi connectivity index (χ2v) is 5.59. The predicted octanol–water partition coefficient (Wildman–Crippen LogP) is 6.22. The third-order valence-electron chi connectivity index (χ3n) is 3.55. The van der Waals surface area contributed by atoms with Gasteiger partial charge in [-0.15, -0.1) is 0 Å². The Kier molecular flexibility index (Phi) is 15.0. The zero-order valence-corrected chi connectivity index (χ0v) is 13.3. The smallest absolute Gasteiger partial charge is 0.155 e. The van der Waals surface area contributed by atoms with Crippen molar-refractivity contribution in [2.75, 3.05) is 0 Å². The maximum absolute atomic E-state index is 11.6. The van der Waals surface area contributed by atoms with Crippen LogP contribution in [0.5, 0.6) is 0 Å². The fraction of sp³-hybridized carbons (Fsp3) is 0.833. The highest BCUT2D eigenvalue weighted by Gasteiger charge is 1.96. The summed E-state index contributed by atoms with van der Waals surface area (Å²) >= 11 is 0. The number of ketones is 1. The van der Waals surface area contributed by atoms with Gasteiger partial charge in [0.15, 0.2) is 5.78 Å². The molecule has 0 aromatic rings. The van der Waals surface area contributed by atoms with Gasteiger partial charge in [-0.1, -0.05) is 77.7 Å². The van der Waals surface area contributed by atoms with Crippen LogP contribution in [0.25, 0.3) is 0 Å². The average molecular weight is 266 g/mol. The van der Waals surface area contributed by atoms with E-state index in [0.717, 1.165) is 19.3 Å². The molecule has 0 heterocycles. The van der Waals surface area contributed by atoms with Crippen LogP contribution >= 0.6 is 0 Å². The van der Waals surface area contributed by atoms with Crippen LogP contribution in [0.1, 0.15) is 97.3 Å². The zero-order valence-electron chi connectivity index (χ0n) is 13.3. The van der Waals surface area contributed by atoms with Gasteiger partial charge in [0.1, 0.15) is 0 Å². The molecule has 0 atom stereocenters. The summed E-state index contributed by atoms with van der Waals surface area (Å²) in [5, 5.41) is 0. The Morgan fingerprint density at radius 3 is 1.89 bits per heavy atom. The van der Waals surface area contributed by atoms with Gasteiger partial charge in [0.2, 0.25) is 0 Å². The molecular formula is C18H34O. The Bertz CT molecular complexity index is 218. The van der Waals surface area contributed by atoms with E-state index in [9.17, 15) is 4.79 Å². The van der Waals surface area contributed by atoms with Crippen LogP contribution in [-0.4, -0.2) is 5.78 Å². The number of unbranched alkanes of at least 4 members (excludes halogenated alkanes) is 10. The minimum Gasteiger partial charge on any atom is -0.295 e. The van der Waals surface area contributed by atoms with E-state index in [1.165, 1.54) is 64.2 Å². The lowest BCUT2D eigenvalue weighted by Crippen LogP contribution is -1.92. The molecule has 0 saturated heterocycles. The largest absolute Gasteiger partial charge is 0.295 e. The third-order valence-corrected chi connectivity index (χ3v) is 3.55. The lowest BCUT2D eigenvalue weighted by atomic mass is 10.1. The van der Waals surface area contributed by atoms with Crippen molar-refractivity contribution in [2.45, 2.75) is 97.3 Å². The van der Waals surface area contributed by atoms with Gasteiger partial charge in [-0.2, -0.15) is 0 Å². The van der Waals surface area contributed by atoms with Gasteiger partial charge in [-0.05, 0) is 25.3 Å². The number of allylic oxidation sites excluding steroid dienone is 2. The van der Waals surface area contributed by atoms with E-state index in [2.05, 4.69) is 19.9 Å². The van der Waals surface area contributed by atoms with Crippen molar-refractivity contribution in [1.29, 1.82) is 0 Å². The van der Waals surface area contributed by atoms with Crippen LogP contribution < -0.4 is 0 Å². The van der Waals surface area contributed by atoms with Crippen molar-refractivity contribution in [3.05, 3.63) is 12.2 Å².